The maximum absolute atomic E-state index is 5.71. The maximum atomic E-state index is 5.71. The van der Waals surface area contributed by atoms with Gasteiger partial charge in [0.1, 0.15) is 5.82 Å². The van der Waals surface area contributed by atoms with Crippen LogP contribution in [0.5, 0.6) is 0 Å². The number of hydrogen-bond donors (Lipinski definition) is 1. The molecule has 86 valence electrons. The lowest BCUT2D eigenvalue weighted by atomic mass is 10.1. The van der Waals surface area contributed by atoms with Gasteiger partial charge >= 0.3 is 0 Å². The third-order valence-corrected chi connectivity index (χ3v) is 3.63. The normalized spacial score (nSPS) is 29.3. The molecular weight excluding hydrogens is 226 g/mol. The van der Waals surface area contributed by atoms with Crippen molar-refractivity contribution in [3.05, 3.63) is 11.5 Å². The summed E-state index contributed by atoms with van der Waals surface area (Å²) in [7, 11) is 0. The van der Waals surface area contributed by atoms with Crippen molar-refractivity contribution in [3.63, 3.8) is 0 Å². The fourth-order valence-electron chi connectivity index (χ4n) is 2.79. The highest BCUT2D eigenvalue weighted by Gasteiger charge is 2.37. The Labute approximate surface area is 99.2 Å². The van der Waals surface area contributed by atoms with Gasteiger partial charge in [0.2, 0.25) is 5.28 Å². The Hall–Kier alpha value is -0.940. The van der Waals surface area contributed by atoms with Gasteiger partial charge in [0.05, 0.1) is 6.20 Å². The van der Waals surface area contributed by atoms with E-state index >= 15 is 0 Å². The van der Waals surface area contributed by atoms with Crippen LogP contribution in [0, 0.1) is 0 Å². The van der Waals surface area contributed by atoms with Crippen molar-refractivity contribution in [1.82, 2.24) is 20.1 Å². The first-order valence-electron chi connectivity index (χ1n) is 5.69. The number of anilines is 1. The van der Waals surface area contributed by atoms with Crippen LogP contribution in [0.2, 0.25) is 5.28 Å². The van der Waals surface area contributed by atoms with Crippen molar-refractivity contribution >= 4 is 17.4 Å². The summed E-state index contributed by atoms with van der Waals surface area (Å²) in [5.41, 5.74) is 0. The van der Waals surface area contributed by atoms with E-state index in [-0.39, 0.29) is 5.28 Å². The smallest absolute Gasteiger partial charge is 0.244 e. The molecule has 1 aromatic rings. The zero-order chi connectivity index (χ0) is 11.0. The molecule has 0 aliphatic carbocycles. The van der Waals surface area contributed by atoms with Crippen molar-refractivity contribution in [2.24, 2.45) is 0 Å². The van der Waals surface area contributed by atoms with Gasteiger partial charge in [0, 0.05) is 18.6 Å². The van der Waals surface area contributed by atoms with Crippen LogP contribution in [0.15, 0.2) is 6.20 Å². The van der Waals surface area contributed by atoms with Gasteiger partial charge in [0.15, 0.2) is 0 Å². The van der Waals surface area contributed by atoms with Crippen molar-refractivity contribution in [3.8, 4) is 0 Å². The van der Waals surface area contributed by atoms with E-state index in [0.717, 1.165) is 5.82 Å². The number of fused-ring (bicyclic) bond motifs is 1. The van der Waals surface area contributed by atoms with Crippen LogP contribution in [0.1, 0.15) is 19.3 Å². The van der Waals surface area contributed by atoms with Gasteiger partial charge in [-0.3, -0.25) is 4.90 Å². The summed E-state index contributed by atoms with van der Waals surface area (Å²) < 4.78 is 0. The van der Waals surface area contributed by atoms with Gasteiger partial charge < -0.3 is 5.32 Å². The van der Waals surface area contributed by atoms with Crippen LogP contribution in [-0.2, 0) is 0 Å². The lowest BCUT2D eigenvalue weighted by Crippen LogP contribution is -2.34. The zero-order valence-corrected chi connectivity index (χ0v) is 9.69. The van der Waals surface area contributed by atoms with Gasteiger partial charge in [-0.15, -0.1) is 5.10 Å². The molecule has 2 aliphatic rings. The minimum Gasteiger partial charge on any atom is -0.364 e. The van der Waals surface area contributed by atoms with Crippen LogP contribution in [0.3, 0.4) is 0 Å². The average Bonchev–Trinajstić information content (AvgIpc) is 2.83. The van der Waals surface area contributed by atoms with E-state index in [9.17, 15) is 0 Å². The second-order valence-corrected chi connectivity index (χ2v) is 4.73. The largest absolute Gasteiger partial charge is 0.364 e. The monoisotopic (exact) mass is 239 g/mol. The molecule has 2 aliphatic heterocycles. The summed E-state index contributed by atoms with van der Waals surface area (Å²) in [6, 6.07) is 1.14. The van der Waals surface area contributed by atoms with Gasteiger partial charge in [-0.05, 0) is 37.4 Å². The summed E-state index contributed by atoms with van der Waals surface area (Å²) in [6.07, 6.45) is 5.39. The third kappa shape index (κ3) is 1.85. The quantitative estimate of drug-likeness (QED) is 0.840. The molecule has 0 radical (unpaired) electrons. The number of rotatable bonds is 2. The number of halogens is 1. The van der Waals surface area contributed by atoms with E-state index in [1.807, 2.05) is 0 Å². The number of nitrogens with zero attached hydrogens (tertiary/aromatic N) is 4. The number of hydrogen-bond acceptors (Lipinski definition) is 5. The Kier molecular flexibility index (Phi) is 2.65. The van der Waals surface area contributed by atoms with Crippen molar-refractivity contribution < 1.29 is 0 Å². The Balaban J connectivity index is 1.71. The summed E-state index contributed by atoms with van der Waals surface area (Å²) >= 11 is 5.71. The van der Waals surface area contributed by atoms with Crippen LogP contribution in [0.4, 0.5) is 5.82 Å². The Bertz CT molecular complexity index is 385. The standard InChI is InChI=1S/C10H14ClN5/c11-10-14-9(6-12-15-10)13-7-3-5-16-4-1-2-8(7)16/h6-8H,1-5H2,(H,13,14,15). The summed E-state index contributed by atoms with van der Waals surface area (Å²) in [6.45, 7) is 2.43. The molecule has 2 unspecified atom stereocenters. The fraction of sp³-hybridized carbons (Fsp3) is 0.700. The molecule has 16 heavy (non-hydrogen) atoms. The molecule has 0 aromatic carbocycles. The molecule has 0 bridgehead atoms. The molecule has 0 saturated carbocycles. The number of aromatic nitrogens is 3. The predicted molar refractivity (Wildman–Crippen MR) is 61.5 cm³/mol. The SMILES string of the molecule is Clc1nncc(NC2CCN3CCCC23)n1. The Morgan fingerprint density at radius 3 is 3.19 bits per heavy atom. The second-order valence-electron chi connectivity index (χ2n) is 4.40. The highest BCUT2D eigenvalue weighted by atomic mass is 35.5. The molecule has 1 N–H and O–H groups in total. The first-order valence-corrected chi connectivity index (χ1v) is 6.06. The molecule has 3 rings (SSSR count). The van der Waals surface area contributed by atoms with Gasteiger partial charge in [-0.2, -0.15) is 10.1 Å². The van der Waals surface area contributed by atoms with Gasteiger partial charge in [-0.1, -0.05) is 0 Å². The van der Waals surface area contributed by atoms with Gasteiger partial charge in [-0.25, -0.2) is 0 Å². The summed E-state index contributed by atoms with van der Waals surface area (Å²) in [5.74, 6) is 0.735. The van der Waals surface area contributed by atoms with Crippen molar-refractivity contribution in [2.45, 2.75) is 31.3 Å². The fourth-order valence-corrected chi connectivity index (χ4v) is 2.93. The van der Waals surface area contributed by atoms with E-state index in [4.69, 9.17) is 11.6 Å². The van der Waals surface area contributed by atoms with Gasteiger partial charge in [0.25, 0.3) is 0 Å². The second kappa shape index (κ2) is 4.14. The predicted octanol–water partition coefficient (Wildman–Crippen LogP) is 1.17. The molecule has 0 amide bonds. The van der Waals surface area contributed by atoms with E-state index in [2.05, 4.69) is 25.4 Å². The maximum Gasteiger partial charge on any atom is 0.244 e. The van der Waals surface area contributed by atoms with Crippen LogP contribution in [0.25, 0.3) is 0 Å². The number of nitrogens with one attached hydrogen (secondary N) is 1. The molecule has 2 atom stereocenters. The molecule has 3 heterocycles. The minimum atomic E-state index is 0.200. The molecule has 2 saturated heterocycles. The van der Waals surface area contributed by atoms with Crippen molar-refractivity contribution in [1.29, 1.82) is 0 Å². The van der Waals surface area contributed by atoms with E-state index in [0.29, 0.717) is 12.1 Å². The molecule has 6 heteroatoms. The molecule has 5 nitrogen and oxygen atoms in total. The first-order chi connectivity index (χ1) is 7.83. The highest BCUT2D eigenvalue weighted by molar-refractivity contribution is 6.28. The van der Waals surface area contributed by atoms with E-state index in [1.54, 1.807) is 6.20 Å². The summed E-state index contributed by atoms with van der Waals surface area (Å²) in [5, 5.41) is 11.0. The summed E-state index contributed by atoms with van der Waals surface area (Å²) in [4.78, 5) is 6.66. The topological polar surface area (TPSA) is 53.9 Å². The zero-order valence-electron chi connectivity index (χ0n) is 8.93. The third-order valence-electron chi connectivity index (χ3n) is 3.47. The van der Waals surface area contributed by atoms with Crippen LogP contribution in [-0.4, -0.2) is 45.3 Å². The Morgan fingerprint density at radius 1 is 1.38 bits per heavy atom. The van der Waals surface area contributed by atoms with E-state index < -0.39 is 0 Å². The highest BCUT2D eigenvalue weighted by Crippen LogP contribution is 2.29. The lowest BCUT2D eigenvalue weighted by molar-refractivity contribution is 0.318. The first kappa shape index (κ1) is 10.2. The minimum absolute atomic E-state index is 0.200. The van der Waals surface area contributed by atoms with Crippen LogP contribution < -0.4 is 5.32 Å². The molecule has 0 spiro atoms. The average molecular weight is 240 g/mol. The van der Waals surface area contributed by atoms with E-state index in [1.165, 1.54) is 32.4 Å². The molecule has 2 fully saturated rings. The molecular formula is C10H14ClN5. The molecule has 1 aromatic heterocycles. The lowest BCUT2D eigenvalue weighted by Gasteiger charge is -2.21. The van der Waals surface area contributed by atoms with Crippen molar-refractivity contribution in [2.75, 3.05) is 18.4 Å². The Morgan fingerprint density at radius 2 is 2.31 bits per heavy atom. The van der Waals surface area contributed by atoms with Crippen LogP contribution >= 0.6 is 11.6 Å².